The van der Waals surface area contributed by atoms with Crippen molar-refractivity contribution in [3.8, 4) is 5.75 Å². The molecule has 1 heterocycles. The van der Waals surface area contributed by atoms with Gasteiger partial charge in [-0.2, -0.15) is 0 Å². The lowest BCUT2D eigenvalue weighted by Gasteiger charge is -2.26. The summed E-state index contributed by atoms with van der Waals surface area (Å²) < 4.78 is 38.0. The Bertz CT molecular complexity index is 613. The van der Waals surface area contributed by atoms with Crippen molar-refractivity contribution < 1.29 is 17.9 Å². The van der Waals surface area contributed by atoms with E-state index in [1.807, 2.05) is 6.92 Å². The number of nitrogens with zero attached hydrogens (tertiary/aromatic N) is 1. The van der Waals surface area contributed by atoms with Crippen molar-refractivity contribution in [1.82, 2.24) is 9.62 Å². The van der Waals surface area contributed by atoms with Gasteiger partial charge < -0.3 is 9.47 Å². The van der Waals surface area contributed by atoms with Gasteiger partial charge in [0.05, 0.1) is 20.3 Å². The fraction of sp³-hybridized carbons (Fsp3) is 0.647. The van der Waals surface area contributed by atoms with Gasteiger partial charge in [0.15, 0.2) is 0 Å². The van der Waals surface area contributed by atoms with Crippen molar-refractivity contribution in [1.29, 1.82) is 0 Å². The van der Waals surface area contributed by atoms with Crippen LogP contribution < -0.4 is 9.46 Å². The molecule has 136 valence electrons. The predicted molar refractivity (Wildman–Crippen MR) is 94.0 cm³/mol. The van der Waals surface area contributed by atoms with Gasteiger partial charge in [-0.1, -0.05) is 12.5 Å². The zero-order valence-electron chi connectivity index (χ0n) is 14.6. The Balaban J connectivity index is 1.73. The van der Waals surface area contributed by atoms with Crippen molar-refractivity contribution in [3.05, 3.63) is 23.8 Å². The molecule has 24 heavy (non-hydrogen) atoms. The van der Waals surface area contributed by atoms with Crippen molar-refractivity contribution in [3.63, 3.8) is 0 Å². The Morgan fingerprint density at radius 3 is 2.67 bits per heavy atom. The highest BCUT2D eigenvalue weighted by Gasteiger charge is 2.18. The number of rotatable bonds is 9. The fourth-order valence-corrected chi connectivity index (χ4v) is 3.97. The first kappa shape index (κ1) is 19.2. The maximum Gasteiger partial charge on any atom is 0.244 e. The van der Waals surface area contributed by atoms with Gasteiger partial charge in [-0.05, 0) is 44.0 Å². The molecule has 1 fully saturated rings. The van der Waals surface area contributed by atoms with Gasteiger partial charge in [0.2, 0.25) is 10.0 Å². The number of benzene rings is 1. The van der Waals surface area contributed by atoms with Gasteiger partial charge in [-0.15, -0.1) is 0 Å². The molecule has 0 radical (unpaired) electrons. The quantitative estimate of drug-likeness (QED) is 0.683. The van der Waals surface area contributed by atoms with E-state index in [-0.39, 0.29) is 4.90 Å². The van der Waals surface area contributed by atoms with Gasteiger partial charge >= 0.3 is 0 Å². The smallest absolute Gasteiger partial charge is 0.244 e. The number of methoxy groups -OCH3 is 1. The number of unbranched alkanes of at least 4 members (excludes halogenated alkanes) is 2. The maximum atomic E-state index is 12.4. The highest BCUT2D eigenvalue weighted by Crippen LogP contribution is 2.24. The lowest BCUT2D eigenvalue weighted by molar-refractivity contribution is 0.0371. The van der Waals surface area contributed by atoms with E-state index >= 15 is 0 Å². The second kappa shape index (κ2) is 9.36. The summed E-state index contributed by atoms with van der Waals surface area (Å²) in [5, 5.41) is 0. The number of sulfonamides is 1. The summed E-state index contributed by atoms with van der Waals surface area (Å²) in [4.78, 5) is 2.59. The third kappa shape index (κ3) is 5.73. The van der Waals surface area contributed by atoms with Crippen molar-refractivity contribution in [2.45, 2.75) is 31.1 Å². The number of hydrogen-bond donors (Lipinski definition) is 1. The molecule has 1 N–H and O–H groups in total. The lowest BCUT2D eigenvalue weighted by atomic mass is 10.2. The number of ether oxygens (including phenoxy) is 2. The monoisotopic (exact) mass is 356 g/mol. The number of hydrogen-bond acceptors (Lipinski definition) is 5. The molecule has 1 saturated heterocycles. The van der Waals surface area contributed by atoms with Crippen LogP contribution in [0.4, 0.5) is 0 Å². The van der Waals surface area contributed by atoms with E-state index in [2.05, 4.69) is 9.62 Å². The summed E-state index contributed by atoms with van der Waals surface area (Å²) in [6, 6.07) is 5.10. The minimum Gasteiger partial charge on any atom is -0.495 e. The number of nitrogens with one attached hydrogen (secondary N) is 1. The van der Waals surface area contributed by atoms with Gasteiger partial charge in [0.1, 0.15) is 10.6 Å². The molecule has 6 nitrogen and oxygen atoms in total. The molecule has 0 aromatic heterocycles. The highest BCUT2D eigenvalue weighted by molar-refractivity contribution is 7.89. The molecule has 0 unspecified atom stereocenters. The van der Waals surface area contributed by atoms with Crippen molar-refractivity contribution in [2.75, 3.05) is 46.5 Å². The molecule has 0 spiro atoms. The Kier molecular flexibility index (Phi) is 7.48. The SMILES string of the molecule is COc1cc(C)ccc1S(=O)(=O)NCCCCCN1CCOCC1. The predicted octanol–water partition coefficient (Wildman–Crippen LogP) is 1.78. The minimum atomic E-state index is -3.53. The second-order valence-corrected chi connectivity index (χ2v) is 7.80. The van der Waals surface area contributed by atoms with Crippen LogP contribution in [0.1, 0.15) is 24.8 Å². The highest BCUT2D eigenvalue weighted by atomic mass is 32.2. The molecule has 0 aliphatic carbocycles. The maximum absolute atomic E-state index is 12.4. The van der Waals surface area contributed by atoms with Gasteiger partial charge in [0.25, 0.3) is 0 Å². The molecule has 7 heteroatoms. The van der Waals surface area contributed by atoms with Crippen LogP contribution in [0, 0.1) is 6.92 Å². The molecule has 0 atom stereocenters. The first-order chi connectivity index (χ1) is 11.5. The molecule has 1 aromatic carbocycles. The summed E-state index contributed by atoms with van der Waals surface area (Å²) >= 11 is 0. The normalized spacial score (nSPS) is 16.2. The summed E-state index contributed by atoms with van der Waals surface area (Å²) in [5.74, 6) is 0.384. The van der Waals surface area contributed by atoms with E-state index in [1.54, 1.807) is 18.2 Å². The Hall–Kier alpha value is -1.15. The van der Waals surface area contributed by atoms with Gasteiger partial charge in [-0.25, -0.2) is 13.1 Å². The van der Waals surface area contributed by atoms with E-state index < -0.39 is 10.0 Å². The molecule has 1 aliphatic rings. The van der Waals surface area contributed by atoms with E-state index in [9.17, 15) is 8.42 Å². The summed E-state index contributed by atoms with van der Waals surface area (Å²) in [6.07, 6.45) is 2.91. The minimum absolute atomic E-state index is 0.198. The summed E-state index contributed by atoms with van der Waals surface area (Å²) in [5.41, 5.74) is 0.967. The zero-order chi connectivity index (χ0) is 17.4. The molecule has 0 bridgehead atoms. The zero-order valence-corrected chi connectivity index (χ0v) is 15.4. The van der Waals surface area contributed by atoms with Gasteiger partial charge in [0, 0.05) is 19.6 Å². The largest absolute Gasteiger partial charge is 0.495 e. The van der Waals surface area contributed by atoms with Crippen LogP contribution in [-0.2, 0) is 14.8 Å². The van der Waals surface area contributed by atoms with Crippen LogP contribution in [-0.4, -0.2) is 59.8 Å². The topological polar surface area (TPSA) is 67.9 Å². The lowest BCUT2D eigenvalue weighted by Crippen LogP contribution is -2.36. The van der Waals surface area contributed by atoms with Crippen LogP contribution in [0.5, 0.6) is 5.75 Å². The third-order valence-electron chi connectivity index (χ3n) is 4.16. The molecular weight excluding hydrogens is 328 g/mol. The first-order valence-corrected chi connectivity index (χ1v) is 9.95. The second-order valence-electron chi connectivity index (χ2n) is 6.07. The summed E-state index contributed by atoms with van der Waals surface area (Å²) in [7, 11) is -2.04. The molecule has 0 amide bonds. The van der Waals surface area contributed by atoms with Gasteiger partial charge in [-0.3, -0.25) is 4.90 Å². The molecule has 1 aromatic rings. The van der Waals surface area contributed by atoms with Crippen LogP contribution in [0.3, 0.4) is 0 Å². The molecule has 2 rings (SSSR count). The van der Waals surface area contributed by atoms with E-state index in [1.165, 1.54) is 7.11 Å². The molecular formula is C17H28N2O4S. The Morgan fingerprint density at radius 2 is 1.96 bits per heavy atom. The van der Waals surface area contributed by atoms with Crippen LogP contribution in [0.2, 0.25) is 0 Å². The molecule has 1 aliphatic heterocycles. The average Bonchev–Trinajstić information content (AvgIpc) is 2.58. The van der Waals surface area contributed by atoms with Crippen LogP contribution in [0.15, 0.2) is 23.1 Å². The summed E-state index contributed by atoms with van der Waals surface area (Å²) in [6.45, 7) is 7.04. The Labute approximate surface area is 145 Å². The fourth-order valence-electron chi connectivity index (χ4n) is 2.74. The van der Waals surface area contributed by atoms with Crippen LogP contribution in [0.25, 0.3) is 0 Å². The number of aryl methyl sites for hydroxylation is 1. The van der Waals surface area contributed by atoms with E-state index in [0.29, 0.717) is 12.3 Å². The first-order valence-electron chi connectivity index (χ1n) is 8.47. The van der Waals surface area contributed by atoms with E-state index in [4.69, 9.17) is 9.47 Å². The Morgan fingerprint density at radius 1 is 1.21 bits per heavy atom. The average molecular weight is 356 g/mol. The third-order valence-corrected chi connectivity index (χ3v) is 5.66. The van der Waals surface area contributed by atoms with Crippen molar-refractivity contribution in [2.24, 2.45) is 0 Å². The molecule has 0 saturated carbocycles. The standard InChI is InChI=1S/C17H28N2O4S/c1-15-6-7-17(16(14-15)22-2)24(20,21)18-8-4-3-5-9-19-10-12-23-13-11-19/h6-7,14,18H,3-5,8-13H2,1-2H3. The number of morpholine rings is 1. The van der Waals surface area contributed by atoms with Crippen LogP contribution >= 0.6 is 0 Å². The van der Waals surface area contributed by atoms with Crippen molar-refractivity contribution >= 4 is 10.0 Å². The van der Waals surface area contributed by atoms with E-state index in [0.717, 1.165) is 57.7 Å².